The van der Waals surface area contributed by atoms with Crippen LogP contribution in [0.2, 0.25) is 5.02 Å². The largest absolute Gasteiger partial charge is 0.377 e. The maximum Gasteiger partial charge on any atom is 0.160 e. The molecule has 0 aliphatic carbocycles. The Hall–Kier alpha value is -1.64. The summed E-state index contributed by atoms with van der Waals surface area (Å²) < 4.78 is 7.02. The van der Waals surface area contributed by atoms with Crippen LogP contribution in [-0.4, -0.2) is 21.6 Å². The molecule has 0 fully saturated rings. The van der Waals surface area contributed by atoms with Gasteiger partial charge >= 0.3 is 0 Å². The minimum atomic E-state index is -0.115. The van der Waals surface area contributed by atoms with Crippen molar-refractivity contribution in [2.75, 3.05) is 7.11 Å². The van der Waals surface area contributed by atoms with Crippen molar-refractivity contribution in [3.05, 3.63) is 23.1 Å². The van der Waals surface area contributed by atoms with Crippen molar-refractivity contribution >= 4 is 22.8 Å². The first-order valence-corrected chi connectivity index (χ1v) is 5.92. The molecule has 2 aromatic heterocycles. The lowest BCUT2D eigenvalue weighted by Crippen LogP contribution is -2.10. The van der Waals surface area contributed by atoms with Crippen LogP contribution in [0.3, 0.4) is 0 Å². The summed E-state index contributed by atoms with van der Waals surface area (Å²) in [4.78, 5) is 8.71. The van der Waals surface area contributed by atoms with Crippen LogP contribution in [0.15, 0.2) is 12.3 Å². The van der Waals surface area contributed by atoms with Crippen LogP contribution in [-0.2, 0) is 17.9 Å². The molecule has 5 nitrogen and oxygen atoms in total. The topological polar surface area (TPSA) is 63.7 Å². The van der Waals surface area contributed by atoms with Crippen LogP contribution < -0.4 is 0 Å². The first kappa shape index (κ1) is 12.8. The van der Waals surface area contributed by atoms with Gasteiger partial charge in [0.25, 0.3) is 0 Å². The zero-order valence-electron chi connectivity index (χ0n) is 10.2. The van der Waals surface area contributed by atoms with Crippen molar-refractivity contribution in [3.8, 4) is 6.07 Å². The van der Waals surface area contributed by atoms with Gasteiger partial charge < -0.3 is 9.30 Å². The molecular weight excluding hydrogens is 252 g/mol. The van der Waals surface area contributed by atoms with Crippen LogP contribution in [0.4, 0.5) is 0 Å². The molecule has 1 atom stereocenters. The quantitative estimate of drug-likeness (QED) is 0.851. The molecule has 0 aliphatic rings. The van der Waals surface area contributed by atoms with E-state index < -0.39 is 0 Å². The van der Waals surface area contributed by atoms with Gasteiger partial charge in [0.2, 0.25) is 0 Å². The first-order chi connectivity index (χ1) is 8.65. The summed E-state index contributed by atoms with van der Waals surface area (Å²) in [6.07, 6.45) is 1.58. The smallest absolute Gasteiger partial charge is 0.160 e. The van der Waals surface area contributed by atoms with Gasteiger partial charge in [-0.15, -0.1) is 0 Å². The molecule has 0 aromatic carbocycles. The van der Waals surface area contributed by atoms with Gasteiger partial charge in [-0.2, -0.15) is 5.26 Å². The van der Waals surface area contributed by atoms with E-state index in [0.29, 0.717) is 18.2 Å². The Balaban J connectivity index is 2.52. The normalized spacial score (nSPS) is 12.6. The summed E-state index contributed by atoms with van der Waals surface area (Å²) in [5, 5.41) is 9.46. The van der Waals surface area contributed by atoms with Crippen molar-refractivity contribution in [2.45, 2.75) is 20.1 Å². The minimum Gasteiger partial charge on any atom is -0.377 e. The second-order valence-corrected chi connectivity index (χ2v) is 4.53. The third-order valence-electron chi connectivity index (χ3n) is 2.58. The van der Waals surface area contributed by atoms with Gasteiger partial charge in [0.15, 0.2) is 5.65 Å². The average molecular weight is 265 g/mol. The Morgan fingerprint density at radius 1 is 1.61 bits per heavy atom. The monoisotopic (exact) mass is 264 g/mol. The SMILES string of the molecule is COCc1nc2cc(Cl)cnc2n1CC(C)C#N. The molecule has 18 heavy (non-hydrogen) atoms. The molecule has 0 spiro atoms. The number of hydrogen-bond acceptors (Lipinski definition) is 4. The number of ether oxygens (including phenoxy) is 1. The fourth-order valence-corrected chi connectivity index (χ4v) is 1.93. The fraction of sp³-hybridized carbons (Fsp3) is 0.417. The standard InChI is InChI=1S/C12H13ClN4O/c1-8(4-14)6-17-11(7-18-2)16-10-3-9(13)5-15-12(10)17/h3,5,8H,6-7H2,1-2H3. The van der Waals surface area contributed by atoms with E-state index in [0.717, 1.165) is 17.0 Å². The summed E-state index contributed by atoms with van der Waals surface area (Å²) in [5.41, 5.74) is 1.45. The Bertz CT molecular complexity index is 602. The highest BCUT2D eigenvalue weighted by Crippen LogP contribution is 2.19. The molecule has 1 unspecified atom stereocenters. The molecule has 2 aromatic rings. The van der Waals surface area contributed by atoms with E-state index in [9.17, 15) is 0 Å². The zero-order valence-corrected chi connectivity index (χ0v) is 11.0. The molecule has 2 rings (SSSR count). The number of methoxy groups -OCH3 is 1. The number of imidazole rings is 1. The zero-order chi connectivity index (χ0) is 13.1. The van der Waals surface area contributed by atoms with E-state index in [-0.39, 0.29) is 5.92 Å². The highest BCUT2D eigenvalue weighted by atomic mass is 35.5. The average Bonchev–Trinajstić information content (AvgIpc) is 2.67. The molecule has 0 amide bonds. The van der Waals surface area contributed by atoms with Crippen LogP contribution in [0.1, 0.15) is 12.7 Å². The molecule has 0 aliphatic heterocycles. The van der Waals surface area contributed by atoms with Gasteiger partial charge in [-0.05, 0) is 13.0 Å². The van der Waals surface area contributed by atoms with Gasteiger partial charge in [0, 0.05) is 19.9 Å². The van der Waals surface area contributed by atoms with Gasteiger partial charge in [0.05, 0.1) is 17.0 Å². The highest BCUT2D eigenvalue weighted by Gasteiger charge is 2.14. The molecule has 6 heteroatoms. The minimum absolute atomic E-state index is 0.115. The third-order valence-corrected chi connectivity index (χ3v) is 2.79. The summed E-state index contributed by atoms with van der Waals surface area (Å²) >= 11 is 5.90. The second-order valence-electron chi connectivity index (χ2n) is 4.10. The number of aromatic nitrogens is 3. The van der Waals surface area contributed by atoms with Crippen molar-refractivity contribution < 1.29 is 4.74 Å². The number of nitrogens with zero attached hydrogens (tertiary/aromatic N) is 4. The lowest BCUT2D eigenvalue weighted by Gasteiger charge is -2.08. The van der Waals surface area contributed by atoms with Crippen molar-refractivity contribution in [2.24, 2.45) is 5.92 Å². The van der Waals surface area contributed by atoms with Crippen LogP contribution in [0.5, 0.6) is 0 Å². The summed E-state index contributed by atoms with van der Waals surface area (Å²) in [6.45, 7) is 2.78. The molecular formula is C12H13ClN4O. The highest BCUT2D eigenvalue weighted by molar-refractivity contribution is 6.31. The van der Waals surface area contributed by atoms with Gasteiger partial charge in [-0.1, -0.05) is 11.6 Å². The number of hydrogen-bond donors (Lipinski definition) is 0. The Morgan fingerprint density at radius 2 is 2.39 bits per heavy atom. The lowest BCUT2D eigenvalue weighted by atomic mass is 10.2. The number of pyridine rings is 1. The molecule has 94 valence electrons. The van der Waals surface area contributed by atoms with E-state index in [1.807, 2.05) is 11.5 Å². The second kappa shape index (κ2) is 5.34. The van der Waals surface area contributed by atoms with Crippen molar-refractivity contribution in [1.82, 2.24) is 14.5 Å². The van der Waals surface area contributed by atoms with E-state index in [2.05, 4.69) is 16.0 Å². The van der Waals surface area contributed by atoms with Gasteiger partial charge in [-0.3, -0.25) is 0 Å². The molecule has 0 saturated carbocycles. The van der Waals surface area contributed by atoms with Crippen molar-refractivity contribution in [1.29, 1.82) is 5.26 Å². The van der Waals surface area contributed by atoms with Crippen LogP contribution in [0.25, 0.3) is 11.2 Å². The molecule has 0 bridgehead atoms. The molecule has 0 saturated heterocycles. The molecule has 0 radical (unpaired) electrons. The van der Waals surface area contributed by atoms with Gasteiger partial charge in [-0.25, -0.2) is 9.97 Å². The Kier molecular flexibility index (Phi) is 3.80. The third kappa shape index (κ3) is 2.45. The number of rotatable bonds is 4. The number of halogens is 1. The van der Waals surface area contributed by atoms with E-state index in [1.54, 1.807) is 19.4 Å². The predicted octanol–water partition coefficient (Wildman–Crippen LogP) is 2.39. The van der Waals surface area contributed by atoms with Crippen LogP contribution >= 0.6 is 11.6 Å². The van der Waals surface area contributed by atoms with E-state index in [4.69, 9.17) is 21.6 Å². The number of fused-ring (bicyclic) bond motifs is 1. The number of nitriles is 1. The summed E-state index contributed by atoms with van der Waals surface area (Å²) in [5.74, 6) is 0.639. The van der Waals surface area contributed by atoms with E-state index >= 15 is 0 Å². The lowest BCUT2D eigenvalue weighted by molar-refractivity contribution is 0.174. The summed E-state index contributed by atoms with van der Waals surface area (Å²) in [6, 6.07) is 3.97. The Morgan fingerprint density at radius 3 is 3.06 bits per heavy atom. The molecule has 0 N–H and O–H groups in total. The van der Waals surface area contributed by atoms with Crippen molar-refractivity contribution in [3.63, 3.8) is 0 Å². The predicted molar refractivity (Wildman–Crippen MR) is 68.0 cm³/mol. The van der Waals surface area contributed by atoms with Crippen LogP contribution in [0, 0.1) is 17.2 Å². The maximum atomic E-state index is 8.91. The first-order valence-electron chi connectivity index (χ1n) is 5.55. The molecule has 2 heterocycles. The summed E-state index contributed by atoms with van der Waals surface area (Å²) in [7, 11) is 1.61. The maximum absolute atomic E-state index is 8.91. The van der Waals surface area contributed by atoms with E-state index in [1.165, 1.54) is 0 Å². The van der Waals surface area contributed by atoms with Gasteiger partial charge in [0.1, 0.15) is 17.9 Å². The fourth-order valence-electron chi connectivity index (χ4n) is 1.78. The Labute approximate surface area is 110 Å².